The van der Waals surface area contributed by atoms with Crippen LogP contribution in [0.15, 0.2) is 24.7 Å². The molecule has 76 valence electrons. The van der Waals surface area contributed by atoms with Gasteiger partial charge in [-0.25, -0.2) is 14.6 Å². The quantitative estimate of drug-likeness (QED) is 0.686. The van der Waals surface area contributed by atoms with Crippen LogP contribution in [0, 0.1) is 6.92 Å². The minimum Gasteiger partial charge on any atom is -0.294 e. The number of hydrogen-bond acceptors (Lipinski definition) is 4. The maximum atomic E-state index is 11.2. The number of aromatic nitrogens is 4. The molecule has 0 saturated heterocycles. The maximum absolute atomic E-state index is 11.2. The van der Waals surface area contributed by atoms with E-state index in [0.29, 0.717) is 11.5 Å². The van der Waals surface area contributed by atoms with E-state index >= 15 is 0 Å². The number of Topliss-reactive ketones (excluding diaryl/α,β-unsaturated/α-hetero) is 1. The third-order valence-electron chi connectivity index (χ3n) is 2.13. The van der Waals surface area contributed by atoms with Crippen molar-refractivity contribution in [3.63, 3.8) is 0 Å². The normalized spacial score (nSPS) is 10.3. The summed E-state index contributed by atoms with van der Waals surface area (Å²) in [6, 6.07) is 1.73. The number of carbonyl (C=O) groups is 1. The van der Waals surface area contributed by atoms with Crippen molar-refractivity contribution >= 4 is 5.78 Å². The summed E-state index contributed by atoms with van der Waals surface area (Å²) in [6.45, 7) is 3.33. The molecule has 0 radical (unpaired) electrons. The first kappa shape index (κ1) is 9.51. The van der Waals surface area contributed by atoms with Crippen LogP contribution in [-0.2, 0) is 0 Å². The second kappa shape index (κ2) is 3.61. The summed E-state index contributed by atoms with van der Waals surface area (Å²) in [5, 5.41) is 4.08. The molecule has 2 heterocycles. The standard InChI is InChI=1S/C10H10N4O/c1-7-9(8(2)15)6-13-14(7)10-11-4-3-5-12-10/h3-6H,1-2H3. The molecule has 0 aliphatic rings. The Balaban J connectivity index is 2.52. The van der Waals surface area contributed by atoms with E-state index in [4.69, 9.17) is 0 Å². The first-order valence-corrected chi connectivity index (χ1v) is 4.53. The van der Waals surface area contributed by atoms with Gasteiger partial charge in [-0.05, 0) is 19.9 Å². The van der Waals surface area contributed by atoms with E-state index in [1.165, 1.54) is 13.1 Å². The van der Waals surface area contributed by atoms with Gasteiger partial charge in [0.2, 0.25) is 0 Å². The minimum atomic E-state index is -0.00492. The van der Waals surface area contributed by atoms with Crippen LogP contribution in [0.1, 0.15) is 23.0 Å². The zero-order valence-corrected chi connectivity index (χ0v) is 8.51. The fourth-order valence-corrected chi connectivity index (χ4v) is 1.36. The molecule has 0 bridgehead atoms. The number of rotatable bonds is 2. The second-order valence-electron chi connectivity index (χ2n) is 3.16. The number of hydrogen-bond donors (Lipinski definition) is 0. The van der Waals surface area contributed by atoms with E-state index in [0.717, 1.165) is 5.69 Å². The van der Waals surface area contributed by atoms with Crippen LogP contribution < -0.4 is 0 Å². The van der Waals surface area contributed by atoms with Gasteiger partial charge in [-0.1, -0.05) is 0 Å². The molecule has 5 nitrogen and oxygen atoms in total. The van der Waals surface area contributed by atoms with E-state index in [1.807, 2.05) is 6.92 Å². The molecule has 0 aromatic carbocycles. The molecule has 0 fully saturated rings. The highest BCUT2D eigenvalue weighted by molar-refractivity contribution is 5.94. The van der Waals surface area contributed by atoms with Crippen LogP contribution in [0.25, 0.3) is 5.95 Å². The molecule has 0 saturated carbocycles. The predicted molar refractivity (Wildman–Crippen MR) is 53.9 cm³/mol. The average molecular weight is 202 g/mol. The molecule has 0 atom stereocenters. The van der Waals surface area contributed by atoms with Crippen LogP contribution in [0.2, 0.25) is 0 Å². The first-order valence-electron chi connectivity index (χ1n) is 4.53. The van der Waals surface area contributed by atoms with Crippen molar-refractivity contribution in [1.29, 1.82) is 0 Å². The van der Waals surface area contributed by atoms with Gasteiger partial charge in [-0.15, -0.1) is 0 Å². The zero-order chi connectivity index (χ0) is 10.8. The third-order valence-corrected chi connectivity index (χ3v) is 2.13. The highest BCUT2D eigenvalue weighted by Crippen LogP contribution is 2.10. The molecule has 15 heavy (non-hydrogen) atoms. The second-order valence-corrected chi connectivity index (χ2v) is 3.16. The lowest BCUT2D eigenvalue weighted by molar-refractivity contribution is 0.101. The van der Waals surface area contributed by atoms with E-state index in [9.17, 15) is 4.79 Å². The Hall–Kier alpha value is -2.04. The summed E-state index contributed by atoms with van der Waals surface area (Å²) in [5.74, 6) is 0.470. The Morgan fingerprint density at radius 3 is 2.53 bits per heavy atom. The van der Waals surface area contributed by atoms with Crippen molar-refractivity contribution in [2.24, 2.45) is 0 Å². The van der Waals surface area contributed by atoms with Crippen molar-refractivity contribution < 1.29 is 4.79 Å². The molecule has 0 aliphatic heterocycles. The summed E-state index contributed by atoms with van der Waals surface area (Å²) >= 11 is 0. The molecule has 0 unspecified atom stereocenters. The van der Waals surface area contributed by atoms with Gasteiger partial charge in [-0.3, -0.25) is 4.79 Å². The average Bonchev–Trinajstić information content (AvgIpc) is 2.61. The minimum absolute atomic E-state index is 0.00492. The fraction of sp³-hybridized carbons (Fsp3) is 0.200. The highest BCUT2D eigenvalue weighted by Gasteiger charge is 2.12. The summed E-state index contributed by atoms with van der Waals surface area (Å²) in [6.07, 6.45) is 4.81. The van der Waals surface area contributed by atoms with Crippen molar-refractivity contribution in [2.45, 2.75) is 13.8 Å². The Labute approximate surface area is 86.8 Å². The van der Waals surface area contributed by atoms with Crippen LogP contribution >= 0.6 is 0 Å². The third kappa shape index (κ3) is 1.63. The fourth-order valence-electron chi connectivity index (χ4n) is 1.36. The summed E-state index contributed by atoms with van der Waals surface area (Å²) < 4.78 is 1.55. The number of carbonyl (C=O) groups excluding carboxylic acids is 1. The lowest BCUT2D eigenvalue weighted by atomic mass is 10.2. The molecular weight excluding hydrogens is 192 g/mol. The molecule has 0 spiro atoms. The Morgan fingerprint density at radius 1 is 1.33 bits per heavy atom. The maximum Gasteiger partial charge on any atom is 0.250 e. The van der Waals surface area contributed by atoms with Crippen molar-refractivity contribution in [2.75, 3.05) is 0 Å². The molecule has 2 aromatic rings. The topological polar surface area (TPSA) is 60.7 Å². The van der Waals surface area contributed by atoms with Crippen molar-refractivity contribution in [3.05, 3.63) is 35.9 Å². The van der Waals surface area contributed by atoms with Gasteiger partial charge in [-0.2, -0.15) is 5.10 Å². The van der Waals surface area contributed by atoms with Crippen LogP contribution in [0.4, 0.5) is 0 Å². The smallest absolute Gasteiger partial charge is 0.250 e. The van der Waals surface area contributed by atoms with Gasteiger partial charge in [0.05, 0.1) is 17.5 Å². The first-order chi connectivity index (χ1) is 7.20. The van der Waals surface area contributed by atoms with Gasteiger partial charge in [0.15, 0.2) is 5.78 Å². The monoisotopic (exact) mass is 202 g/mol. The summed E-state index contributed by atoms with van der Waals surface area (Å²) in [7, 11) is 0. The molecule has 5 heteroatoms. The molecule has 0 N–H and O–H groups in total. The molecule has 0 aliphatic carbocycles. The summed E-state index contributed by atoms with van der Waals surface area (Å²) in [4.78, 5) is 19.3. The van der Waals surface area contributed by atoms with Gasteiger partial charge in [0.1, 0.15) is 0 Å². The lowest BCUT2D eigenvalue weighted by Gasteiger charge is -2.01. The van der Waals surface area contributed by atoms with E-state index in [-0.39, 0.29) is 5.78 Å². The number of nitrogens with zero attached hydrogens (tertiary/aromatic N) is 4. The van der Waals surface area contributed by atoms with Gasteiger partial charge in [0, 0.05) is 12.4 Å². The Morgan fingerprint density at radius 2 is 2.00 bits per heavy atom. The Kier molecular flexibility index (Phi) is 2.29. The predicted octanol–water partition coefficient (Wildman–Crippen LogP) is 1.17. The highest BCUT2D eigenvalue weighted by atomic mass is 16.1. The van der Waals surface area contributed by atoms with Gasteiger partial charge in [0.25, 0.3) is 5.95 Å². The van der Waals surface area contributed by atoms with E-state index < -0.39 is 0 Å². The van der Waals surface area contributed by atoms with Crippen LogP contribution in [0.3, 0.4) is 0 Å². The Bertz CT molecular complexity index is 489. The van der Waals surface area contributed by atoms with Gasteiger partial charge >= 0.3 is 0 Å². The molecule has 0 amide bonds. The number of ketones is 1. The van der Waals surface area contributed by atoms with Crippen LogP contribution in [0.5, 0.6) is 0 Å². The van der Waals surface area contributed by atoms with E-state index in [2.05, 4.69) is 15.1 Å². The largest absolute Gasteiger partial charge is 0.294 e. The SMILES string of the molecule is CC(=O)c1cnn(-c2ncccn2)c1C. The van der Waals surface area contributed by atoms with Gasteiger partial charge < -0.3 is 0 Å². The van der Waals surface area contributed by atoms with E-state index in [1.54, 1.807) is 23.1 Å². The lowest BCUT2D eigenvalue weighted by Crippen LogP contribution is -2.05. The molecular formula is C10H10N4O. The molecule has 2 rings (SSSR count). The zero-order valence-electron chi connectivity index (χ0n) is 8.51. The van der Waals surface area contributed by atoms with Crippen molar-refractivity contribution in [3.8, 4) is 5.95 Å². The van der Waals surface area contributed by atoms with Crippen molar-refractivity contribution in [1.82, 2.24) is 19.7 Å². The van der Waals surface area contributed by atoms with Crippen LogP contribution in [-0.4, -0.2) is 25.5 Å². The molecule has 2 aromatic heterocycles. The summed E-state index contributed by atoms with van der Waals surface area (Å²) in [5.41, 5.74) is 1.36.